The van der Waals surface area contributed by atoms with Gasteiger partial charge in [0, 0.05) is 23.3 Å². The molecule has 0 aliphatic carbocycles. The van der Waals surface area contributed by atoms with Gasteiger partial charge in [-0.1, -0.05) is 38.6 Å². The number of nitrogens with zero attached hydrogens (tertiary/aromatic N) is 1. The van der Waals surface area contributed by atoms with Crippen molar-refractivity contribution in [3.8, 4) is 5.75 Å². The number of amidine groups is 1. The molecule has 6 heteroatoms. The van der Waals surface area contributed by atoms with Crippen molar-refractivity contribution in [3.05, 3.63) is 83.7 Å². The lowest BCUT2D eigenvalue weighted by molar-refractivity contribution is 0.103. The van der Waals surface area contributed by atoms with Gasteiger partial charge in [0.15, 0.2) is 5.78 Å². The van der Waals surface area contributed by atoms with Crippen LogP contribution in [0, 0.1) is 5.82 Å². The molecule has 0 bridgehead atoms. The maximum Gasteiger partial charge on any atom is 0.196 e. The molecule has 1 atom stereocenters. The highest BCUT2D eigenvalue weighted by Crippen LogP contribution is 2.23. The number of nitrogens with one attached hydrogen (secondary N) is 1. The number of carbonyl (C=O) groups is 1. The lowest BCUT2D eigenvalue weighted by atomic mass is 9.95. The third-order valence-electron chi connectivity index (χ3n) is 4.26. The van der Waals surface area contributed by atoms with Gasteiger partial charge in [0.25, 0.3) is 0 Å². The van der Waals surface area contributed by atoms with Crippen LogP contribution in [0.3, 0.4) is 0 Å². The number of ketones is 1. The Balaban J connectivity index is 0.00000145. The van der Waals surface area contributed by atoms with E-state index in [2.05, 4.69) is 16.9 Å². The summed E-state index contributed by atoms with van der Waals surface area (Å²) in [6.45, 7) is 7.79. The van der Waals surface area contributed by atoms with E-state index in [1.54, 1.807) is 19.3 Å². The van der Waals surface area contributed by atoms with Gasteiger partial charge in [0.1, 0.15) is 23.6 Å². The van der Waals surface area contributed by atoms with Crippen LogP contribution in [0.5, 0.6) is 5.75 Å². The number of carbonyl (C=O) groups excluding carboxylic acids is 1. The molecule has 0 amide bonds. The zero-order chi connectivity index (χ0) is 21.4. The molecule has 1 aliphatic rings. The number of nitrogens with two attached hydrogens (primary N) is 1. The third kappa shape index (κ3) is 5.31. The fourth-order valence-electron chi connectivity index (χ4n) is 2.80. The SMILES string of the molecule is C=C(C(=O)c1ccccc1F)C1=CCC(Nc2ccc(OC)cc2)N=C1N.CC. The molecule has 0 saturated carbocycles. The molecule has 3 rings (SSSR count). The van der Waals surface area contributed by atoms with Crippen LogP contribution < -0.4 is 15.8 Å². The van der Waals surface area contributed by atoms with E-state index in [0.29, 0.717) is 12.0 Å². The molecule has 2 aromatic carbocycles. The van der Waals surface area contributed by atoms with E-state index < -0.39 is 11.6 Å². The number of rotatable bonds is 6. The van der Waals surface area contributed by atoms with Gasteiger partial charge in [0.05, 0.1) is 12.7 Å². The van der Waals surface area contributed by atoms with Crippen molar-refractivity contribution >= 4 is 17.3 Å². The number of halogens is 1. The van der Waals surface area contributed by atoms with Gasteiger partial charge in [-0.2, -0.15) is 0 Å². The van der Waals surface area contributed by atoms with Gasteiger partial charge >= 0.3 is 0 Å². The minimum atomic E-state index is -0.588. The molecule has 1 unspecified atom stereocenters. The standard InChI is InChI=1S/C21H20FN3O2.C2H6/c1-13(20(26)17-5-3-4-6-18(17)22)16-11-12-19(25-21(16)23)24-14-7-9-15(27-2)10-8-14;1-2/h3-11,19,24H,1,12H2,2H3,(H2,23,25);1-2H3. The monoisotopic (exact) mass is 395 g/mol. The van der Waals surface area contributed by atoms with Gasteiger partial charge in [-0.25, -0.2) is 9.38 Å². The van der Waals surface area contributed by atoms with Crippen LogP contribution in [0.4, 0.5) is 10.1 Å². The topological polar surface area (TPSA) is 76.7 Å². The number of aliphatic imine (C=N–C) groups is 1. The Hall–Kier alpha value is -3.41. The first-order valence-electron chi connectivity index (χ1n) is 9.42. The number of hydrogen-bond donors (Lipinski definition) is 2. The van der Waals surface area contributed by atoms with E-state index in [4.69, 9.17) is 10.5 Å². The smallest absolute Gasteiger partial charge is 0.196 e. The summed E-state index contributed by atoms with van der Waals surface area (Å²) in [6, 6.07) is 13.2. The predicted octanol–water partition coefficient (Wildman–Crippen LogP) is 4.72. The zero-order valence-electron chi connectivity index (χ0n) is 16.9. The van der Waals surface area contributed by atoms with Crippen LogP contribution in [-0.4, -0.2) is 24.9 Å². The second-order valence-electron chi connectivity index (χ2n) is 6.04. The van der Waals surface area contributed by atoms with Crippen LogP contribution in [0.2, 0.25) is 0 Å². The van der Waals surface area contributed by atoms with E-state index in [-0.39, 0.29) is 23.1 Å². The molecule has 0 aromatic heterocycles. The number of dihydropyridines is 1. The fourth-order valence-corrected chi connectivity index (χ4v) is 2.80. The van der Waals surface area contributed by atoms with Crippen LogP contribution in [0.1, 0.15) is 30.6 Å². The Labute approximate surface area is 170 Å². The third-order valence-corrected chi connectivity index (χ3v) is 4.26. The summed E-state index contributed by atoms with van der Waals surface area (Å²) in [4.78, 5) is 16.9. The van der Waals surface area contributed by atoms with Gasteiger partial charge in [-0.15, -0.1) is 0 Å². The fraction of sp³-hybridized carbons (Fsp3) is 0.217. The highest BCUT2D eigenvalue weighted by Gasteiger charge is 2.23. The first kappa shape index (κ1) is 21.9. The molecule has 2 aromatic rings. The molecule has 1 aliphatic heterocycles. The molecule has 3 N–H and O–H groups in total. The Morgan fingerprint density at radius 1 is 1.21 bits per heavy atom. The molecule has 0 radical (unpaired) electrons. The highest BCUT2D eigenvalue weighted by molar-refractivity contribution is 6.19. The lowest BCUT2D eigenvalue weighted by Gasteiger charge is -2.22. The number of ether oxygens (including phenoxy) is 1. The Kier molecular flexibility index (Phi) is 7.71. The summed E-state index contributed by atoms with van der Waals surface area (Å²) in [5.74, 6) is -0.131. The summed E-state index contributed by atoms with van der Waals surface area (Å²) in [6.07, 6.45) is 2.05. The van der Waals surface area contributed by atoms with Crippen molar-refractivity contribution < 1.29 is 13.9 Å². The van der Waals surface area contributed by atoms with Gasteiger partial charge < -0.3 is 15.8 Å². The van der Waals surface area contributed by atoms with Crippen molar-refractivity contribution in [3.63, 3.8) is 0 Å². The summed E-state index contributed by atoms with van der Waals surface area (Å²) in [7, 11) is 1.61. The molecule has 0 fully saturated rings. The molecule has 0 saturated heterocycles. The van der Waals surface area contributed by atoms with Gasteiger partial charge in [-0.05, 0) is 36.4 Å². The van der Waals surface area contributed by atoms with Crippen LogP contribution in [0.15, 0.2) is 77.3 Å². The molecular weight excluding hydrogens is 369 g/mol. The maximum atomic E-state index is 13.9. The van der Waals surface area contributed by atoms with E-state index in [9.17, 15) is 9.18 Å². The normalized spacial score (nSPS) is 15.2. The second kappa shape index (κ2) is 10.2. The number of anilines is 1. The van der Waals surface area contributed by atoms with Crippen molar-refractivity contribution in [2.75, 3.05) is 12.4 Å². The number of methoxy groups -OCH3 is 1. The molecule has 5 nitrogen and oxygen atoms in total. The van der Waals surface area contributed by atoms with Crippen molar-refractivity contribution in [2.45, 2.75) is 26.4 Å². The quantitative estimate of drug-likeness (QED) is 0.548. The summed E-state index contributed by atoms with van der Waals surface area (Å²) < 4.78 is 19.0. The first-order valence-corrected chi connectivity index (χ1v) is 9.42. The van der Waals surface area contributed by atoms with Gasteiger partial charge in [0.2, 0.25) is 0 Å². The largest absolute Gasteiger partial charge is 0.497 e. The van der Waals surface area contributed by atoms with E-state index >= 15 is 0 Å². The average Bonchev–Trinajstić information content (AvgIpc) is 2.75. The molecule has 0 spiro atoms. The number of hydrogen-bond acceptors (Lipinski definition) is 5. The van der Waals surface area contributed by atoms with Crippen molar-refractivity contribution in [1.82, 2.24) is 0 Å². The average molecular weight is 395 g/mol. The summed E-state index contributed by atoms with van der Waals surface area (Å²) >= 11 is 0. The Morgan fingerprint density at radius 2 is 1.86 bits per heavy atom. The summed E-state index contributed by atoms with van der Waals surface area (Å²) in [5.41, 5.74) is 7.45. The van der Waals surface area contributed by atoms with Crippen LogP contribution >= 0.6 is 0 Å². The van der Waals surface area contributed by atoms with E-state index in [1.807, 2.05) is 38.1 Å². The zero-order valence-corrected chi connectivity index (χ0v) is 16.9. The second-order valence-corrected chi connectivity index (χ2v) is 6.04. The predicted molar refractivity (Wildman–Crippen MR) is 116 cm³/mol. The lowest BCUT2D eigenvalue weighted by Crippen LogP contribution is -2.29. The minimum Gasteiger partial charge on any atom is -0.497 e. The van der Waals surface area contributed by atoms with Gasteiger partial charge in [-0.3, -0.25) is 4.79 Å². The van der Waals surface area contributed by atoms with Crippen LogP contribution in [-0.2, 0) is 0 Å². The number of benzene rings is 2. The summed E-state index contributed by atoms with van der Waals surface area (Å²) in [5, 5.41) is 3.25. The van der Waals surface area contributed by atoms with Crippen LogP contribution in [0.25, 0.3) is 0 Å². The molecule has 1 heterocycles. The number of Topliss-reactive ketones (excluding diaryl/α,β-unsaturated/α-hetero) is 1. The molecule has 152 valence electrons. The Bertz CT molecular complexity index is 933. The first-order chi connectivity index (χ1) is 14.0. The Morgan fingerprint density at radius 3 is 2.45 bits per heavy atom. The van der Waals surface area contributed by atoms with E-state index in [1.165, 1.54) is 18.2 Å². The van der Waals surface area contributed by atoms with Crippen molar-refractivity contribution in [1.29, 1.82) is 0 Å². The highest BCUT2D eigenvalue weighted by atomic mass is 19.1. The van der Waals surface area contributed by atoms with E-state index in [0.717, 1.165) is 11.4 Å². The molecular formula is C23H26FN3O2. The minimum absolute atomic E-state index is 0.0327. The van der Waals surface area contributed by atoms with Crippen molar-refractivity contribution in [2.24, 2.45) is 10.7 Å². The molecule has 29 heavy (non-hydrogen) atoms. The maximum absolute atomic E-state index is 13.9.